The van der Waals surface area contributed by atoms with E-state index >= 15 is 0 Å². The zero-order valence-corrected chi connectivity index (χ0v) is 14.1. The number of allylic oxidation sites excluding steroid dienone is 2. The predicted molar refractivity (Wildman–Crippen MR) is 92.4 cm³/mol. The number of aryl methyl sites for hydroxylation is 1. The summed E-state index contributed by atoms with van der Waals surface area (Å²) in [4.78, 5) is 38.8. The number of nitrogen functional groups attached to an aromatic ring is 1. The third kappa shape index (κ3) is 2.44. The van der Waals surface area contributed by atoms with Crippen molar-refractivity contribution in [1.82, 2.24) is 10.2 Å². The van der Waals surface area contributed by atoms with Crippen LogP contribution in [0.25, 0.3) is 0 Å². The first kappa shape index (κ1) is 15.9. The van der Waals surface area contributed by atoms with Gasteiger partial charge in [-0.2, -0.15) is 0 Å². The average Bonchev–Trinajstić information content (AvgIpc) is 3.26. The van der Waals surface area contributed by atoms with Crippen LogP contribution in [-0.2, 0) is 9.59 Å². The normalized spacial score (nSPS) is 29.4. The number of carbonyl (C=O) groups is 3. The Hall–Kier alpha value is -2.63. The largest absolute Gasteiger partial charge is 0.399 e. The molecule has 1 saturated heterocycles. The van der Waals surface area contributed by atoms with E-state index in [0.717, 1.165) is 12.0 Å². The van der Waals surface area contributed by atoms with Crippen LogP contribution in [0.5, 0.6) is 0 Å². The lowest BCUT2D eigenvalue weighted by molar-refractivity contribution is -0.140. The second-order valence-corrected chi connectivity index (χ2v) is 7.16. The Morgan fingerprint density at radius 1 is 1.20 bits per heavy atom. The number of nitrogens with two attached hydrogens (primary N) is 1. The molecule has 1 aliphatic heterocycles. The van der Waals surface area contributed by atoms with E-state index < -0.39 is 0 Å². The monoisotopic (exact) mass is 339 g/mol. The number of nitrogens with one attached hydrogen (secondary N) is 1. The molecule has 6 nitrogen and oxygen atoms in total. The number of likely N-dealkylation sites (tertiary alicyclic amines) is 1. The zero-order valence-electron chi connectivity index (χ0n) is 14.1. The average molecular weight is 339 g/mol. The van der Waals surface area contributed by atoms with E-state index in [1.54, 1.807) is 18.2 Å². The minimum absolute atomic E-state index is 0.0822. The fraction of sp³-hybridized carbons (Fsp3) is 0.421. The van der Waals surface area contributed by atoms with Crippen molar-refractivity contribution in [3.8, 4) is 0 Å². The lowest BCUT2D eigenvalue weighted by Crippen LogP contribution is -2.39. The first-order valence-corrected chi connectivity index (χ1v) is 8.65. The first-order valence-electron chi connectivity index (χ1n) is 8.65. The topological polar surface area (TPSA) is 92.5 Å². The Bertz CT molecular complexity index is 771. The molecule has 2 bridgehead atoms. The Morgan fingerprint density at radius 2 is 1.84 bits per heavy atom. The second-order valence-electron chi connectivity index (χ2n) is 7.16. The van der Waals surface area contributed by atoms with Crippen molar-refractivity contribution in [2.75, 3.05) is 18.8 Å². The quantitative estimate of drug-likeness (QED) is 0.488. The number of benzene rings is 1. The summed E-state index contributed by atoms with van der Waals surface area (Å²) in [6, 6.07) is 5.17. The second kappa shape index (κ2) is 5.72. The van der Waals surface area contributed by atoms with Gasteiger partial charge >= 0.3 is 0 Å². The molecule has 3 N–H and O–H groups in total. The Kier molecular flexibility index (Phi) is 3.63. The summed E-state index contributed by atoms with van der Waals surface area (Å²) in [5, 5.41) is 2.78. The molecule has 6 heteroatoms. The van der Waals surface area contributed by atoms with Gasteiger partial charge in [0.05, 0.1) is 11.8 Å². The van der Waals surface area contributed by atoms with E-state index in [2.05, 4.69) is 17.5 Å². The number of rotatable bonds is 4. The van der Waals surface area contributed by atoms with Crippen molar-refractivity contribution >= 4 is 23.4 Å². The molecule has 1 aromatic carbocycles. The summed E-state index contributed by atoms with van der Waals surface area (Å²) in [6.45, 7) is 2.30. The Balaban J connectivity index is 1.38. The van der Waals surface area contributed by atoms with Crippen molar-refractivity contribution in [1.29, 1.82) is 0 Å². The molecule has 0 spiro atoms. The highest BCUT2D eigenvalue weighted by Crippen LogP contribution is 2.52. The standard InChI is InChI=1S/C19H21N3O3/c1-10-2-5-13(20)9-14(10)17(23)21-6-7-22-18(24)15-11-3-4-12(8-11)16(15)19(22)25/h2-5,9,11-12,15-16H,6-8,20H2,1H3,(H,21,23). The maximum Gasteiger partial charge on any atom is 0.251 e. The summed E-state index contributed by atoms with van der Waals surface area (Å²) in [5.74, 6) is -0.362. The number of hydrogen-bond donors (Lipinski definition) is 2. The molecule has 1 aromatic rings. The molecule has 4 rings (SSSR count). The van der Waals surface area contributed by atoms with Gasteiger partial charge in [0.1, 0.15) is 0 Å². The van der Waals surface area contributed by atoms with Gasteiger partial charge in [0.25, 0.3) is 5.91 Å². The van der Waals surface area contributed by atoms with E-state index in [4.69, 9.17) is 5.73 Å². The van der Waals surface area contributed by atoms with Crippen molar-refractivity contribution in [3.05, 3.63) is 41.5 Å². The van der Waals surface area contributed by atoms with E-state index in [-0.39, 0.29) is 54.5 Å². The van der Waals surface area contributed by atoms with Gasteiger partial charge in [-0.05, 0) is 42.9 Å². The van der Waals surface area contributed by atoms with Gasteiger partial charge in [-0.1, -0.05) is 18.2 Å². The van der Waals surface area contributed by atoms with E-state index in [9.17, 15) is 14.4 Å². The zero-order chi connectivity index (χ0) is 17.7. The molecule has 0 aromatic heterocycles. The third-order valence-electron chi connectivity index (χ3n) is 5.69. The van der Waals surface area contributed by atoms with Crippen LogP contribution in [0.1, 0.15) is 22.3 Å². The van der Waals surface area contributed by atoms with Crippen molar-refractivity contribution in [3.63, 3.8) is 0 Å². The number of amides is 3. The van der Waals surface area contributed by atoms with Crippen LogP contribution in [0.3, 0.4) is 0 Å². The lowest BCUT2D eigenvalue weighted by Gasteiger charge is -2.17. The fourth-order valence-corrected chi connectivity index (χ4v) is 4.45. The SMILES string of the molecule is Cc1ccc(N)cc1C(=O)NCCN1C(=O)C2C3C=CC(C3)C2C1=O. The van der Waals surface area contributed by atoms with Crippen LogP contribution in [0.4, 0.5) is 5.69 Å². The van der Waals surface area contributed by atoms with Gasteiger partial charge < -0.3 is 11.1 Å². The summed E-state index contributed by atoms with van der Waals surface area (Å²) < 4.78 is 0. The van der Waals surface area contributed by atoms with Crippen molar-refractivity contribution in [2.24, 2.45) is 23.7 Å². The molecule has 130 valence electrons. The van der Waals surface area contributed by atoms with Crippen LogP contribution in [0, 0.1) is 30.6 Å². The molecule has 3 amide bonds. The lowest BCUT2D eigenvalue weighted by atomic mass is 9.85. The molecule has 1 heterocycles. The predicted octanol–water partition coefficient (Wildman–Crippen LogP) is 1.11. The first-order chi connectivity index (χ1) is 12.0. The summed E-state index contributed by atoms with van der Waals surface area (Å²) >= 11 is 0. The van der Waals surface area contributed by atoms with Gasteiger partial charge in [-0.3, -0.25) is 19.3 Å². The van der Waals surface area contributed by atoms with Crippen molar-refractivity contribution in [2.45, 2.75) is 13.3 Å². The Morgan fingerprint density at radius 3 is 2.48 bits per heavy atom. The molecular formula is C19H21N3O3. The van der Waals surface area contributed by atoms with Crippen LogP contribution in [0.2, 0.25) is 0 Å². The number of imide groups is 1. The summed E-state index contributed by atoms with van der Waals surface area (Å²) in [7, 11) is 0. The molecule has 1 saturated carbocycles. The molecule has 3 aliphatic rings. The van der Waals surface area contributed by atoms with E-state index in [0.29, 0.717) is 11.3 Å². The third-order valence-corrected chi connectivity index (χ3v) is 5.69. The maximum absolute atomic E-state index is 12.6. The van der Waals surface area contributed by atoms with Gasteiger partial charge in [-0.25, -0.2) is 0 Å². The van der Waals surface area contributed by atoms with Crippen LogP contribution in [-0.4, -0.2) is 35.7 Å². The molecule has 4 unspecified atom stereocenters. The van der Waals surface area contributed by atoms with Gasteiger partial charge in [0.15, 0.2) is 0 Å². The summed E-state index contributed by atoms with van der Waals surface area (Å²) in [6.07, 6.45) is 5.07. The van der Waals surface area contributed by atoms with Crippen LogP contribution in [0.15, 0.2) is 30.4 Å². The number of nitrogens with zero attached hydrogens (tertiary/aromatic N) is 1. The molecule has 2 fully saturated rings. The minimum atomic E-state index is -0.245. The van der Waals surface area contributed by atoms with E-state index in [1.165, 1.54) is 4.90 Å². The number of carbonyl (C=O) groups excluding carboxylic acids is 3. The van der Waals surface area contributed by atoms with Gasteiger partial charge in [0, 0.05) is 24.3 Å². The summed E-state index contributed by atoms with van der Waals surface area (Å²) in [5.41, 5.74) is 7.60. The molecule has 4 atom stereocenters. The van der Waals surface area contributed by atoms with Crippen molar-refractivity contribution < 1.29 is 14.4 Å². The van der Waals surface area contributed by atoms with Gasteiger partial charge in [-0.15, -0.1) is 0 Å². The minimum Gasteiger partial charge on any atom is -0.399 e. The molecular weight excluding hydrogens is 318 g/mol. The Labute approximate surface area is 146 Å². The fourth-order valence-electron chi connectivity index (χ4n) is 4.45. The highest BCUT2D eigenvalue weighted by atomic mass is 16.2. The molecule has 25 heavy (non-hydrogen) atoms. The number of fused-ring (bicyclic) bond motifs is 5. The maximum atomic E-state index is 12.6. The number of hydrogen-bond acceptors (Lipinski definition) is 4. The molecule has 2 aliphatic carbocycles. The number of anilines is 1. The van der Waals surface area contributed by atoms with Gasteiger partial charge in [0.2, 0.25) is 11.8 Å². The molecule has 0 radical (unpaired) electrons. The van der Waals surface area contributed by atoms with Crippen LogP contribution >= 0.6 is 0 Å². The van der Waals surface area contributed by atoms with Crippen LogP contribution < -0.4 is 11.1 Å². The smallest absolute Gasteiger partial charge is 0.251 e. The highest BCUT2D eigenvalue weighted by Gasteiger charge is 2.58. The highest BCUT2D eigenvalue weighted by molar-refractivity contribution is 6.06. The van der Waals surface area contributed by atoms with E-state index in [1.807, 2.05) is 6.92 Å².